The molecule has 0 atom stereocenters. The SMILES string of the molecule is CCc1cccc(C)c1NC(=O)CN(CC)CC(=O)Nc1ccccc1C(F)(F)F. The summed E-state index contributed by atoms with van der Waals surface area (Å²) in [6.07, 6.45) is -3.81. The molecule has 2 N–H and O–H groups in total. The van der Waals surface area contributed by atoms with Gasteiger partial charge in [0, 0.05) is 5.69 Å². The Hall–Kier alpha value is -2.87. The Labute approximate surface area is 174 Å². The van der Waals surface area contributed by atoms with E-state index < -0.39 is 17.6 Å². The van der Waals surface area contributed by atoms with E-state index in [4.69, 9.17) is 0 Å². The van der Waals surface area contributed by atoms with Gasteiger partial charge in [-0.05, 0) is 43.1 Å². The Bertz CT molecular complexity index is 897. The summed E-state index contributed by atoms with van der Waals surface area (Å²) in [5.74, 6) is -0.907. The summed E-state index contributed by atoms with van der Waals surface area (Å²) in [7, 11) is 0. The Balaban J connectivity index is 2.01. The number of likely N-dealkylation sites (N-methyl/N-ethyl adjacent to an activating group) is 1. The van der Waals surface area contributed by atoms with Crippen molar-refractivity contribution < 1.29 is 22.8 Å². The number of hydrogen-bond acceptors (Lipinski definition) is 3. The van der Waals surface area contributed by atoms with Gasteiger partial charge in [0.15, 0.2) is 0 Å². The number of nitrogens with one attached hydrogen (secondary N) is 2. The molecule has 0 heterocycles. The molecule has 2 aromatic carbocycles. The van der Waals surface area contributed by atoms with Crippen LogP contribution in [0, 0.1) is 6.92 Å². The van der Waals surface area contributed by atoms with E-state index in [0.29, 0.717) is 6.54 Å². The van der Waals surface area contributed by atoms with Crippen LogP contribution < -0.4 is 10.6 Å². The third kappa shape index (κ3) is 6.32. The highest BCUT2D eigenvalue weighted by molar-refractivity contribution is 5.95. The van der Waals surface area contributed by atoms with Crippen molar-refractivity contribution in [3.8, 4) is 0 Å². The van der Waals surface area contributed by atoms with Gasteiger partial charge in [-0.15, -0.1) is 0 Å². The van der Waals surface area contributed by atoms with E-state index in [9.17, 15) is 22.8 Å². The number of hydrogen-bond donors (Lipinski definition) is 2. The Morgan fingerprint density at radius 1 is 0.933 bits per heavy atom. The normalized spacial score (nSPS) is 11.4. The van der Waals surface area contributed by atoms with Crippen molar-refractivity contribution in [3.05, 3.63) is 59.2 Å². The van der Waals surface area contributed by atoms with Crippen molar-refractivity contribution in [3.63, 3.8) is 0 Å². The fraction of sp³-hybridized carbons (Fsp3) is 0.364. The number of halogens is 3. The van der Waals surface area contributed by atoms with E-state index in [0.717, 1.165) is 29.3 Å². The standard InChI is InChI=1S/C22H26F3N3O2/c1-4-16-10-8-9-15(3)21(16)27-20(30)14-28(5-2)13-19(29)26-18-12-7-6-11-17(18)22(23,24)25/h6-12H,4-5,13-14H2,1-3H3,(H,26,29)(H,27,30). The Morgan fingerprint density at radius 2 is 1.57 bits per heavy atom. The summed E-state index contributed by atoms with van der Waals surface area (Å²) in [5, 5.41) is 5.19. The first-order valence-corrected chi connectivity index (χ1v) is 9.72. The third-order valence-electron chi connectivity index (χ3n) is 4.69. The van der Waals surface area contributed by atoms with E-state index in [-0.39, 0.29) is 24.7 Å². The first kappa shape index (κ1) is 23.4. The van der Waals surface area contributed by atoms with Crippen LogP contribution in [0.1, 0.15) is 30.5 Å². The van der Waals surface area contributed by atoms with Crippen molar-refractivity contribution >= 4 is 23.2 Å². The Kier molecular flexibility index (Phi) is 8.00. The van der Waals surface area contributed by atoms with Crippen LogP contribution in [0.15, 0.2) is 42.5 Å². The van der Waals surface area contributed by atoms with Gasteiger partial charge in [-0.25, -0.2) is 0 Å². The van der Waals surface area contributed by atoms with E-state index in [1.807, 2.05) is 32.0 Å². The second-order valence-corrected chi connectivity index (χ2v) is 6.91. The molecular formula is C22H26F3N3O2. The van der Waals surface area contributed by atoms with Crippen LogP contribution in [0.5, 0.6) is 0 Å². The molecule has 0 spiro atoms. The maximum atomic E-state index is 13.1. The van der Waals surface area contributed by atoms with Crippen molar-refractivity contribution in [1.82, 2.24) is 4.90 Å². The number of carbonyl (C=O) groups excluding carboxylic acids is 2. The molecule has 2 rings (SSSR count). The molecule has 0 saturated heterocycles. The molecule has 0 radical (unpaired) electrons. The third-order valence-corrected chi connectivity index (χ3v) is 4.69. The zero-order valence-electron chi connectivity index (χ0n) is 17.3. The molecule has 0 aliphatic rings. The number of anilines is 2. The van der Waals surface area contributed by atoms with Crippen LogP contribution in [0.3, 0.4) is 0 Å². The van der Waals surface area contributed by atoms with Gasteiger partial charge in [0.25, 0.3) is 0 Å². The lowest BCUT2D eigenvalue weighted by atomic mass is 10.1. The van der Waals surface area contributed by atoms with Crippen LogP contribution in [-0.2, 0) is 22.2 Å². The molecule has 0 saturated carbocycles. The number of para-hydroxylation sites is 2. The van der Waals surface area contributed by atoms with E-state index >= 15 is 0 Å². The number of alkyl halides is 3. The summed E-state index contributed by atoms with van der Waals surface area (Å²) in [5.41, 5.74) is 1.48. The van der Waals surface area contributed by atoms with E-state index in [2.05, 4.69) is 10.6 Å². The van der Waals surface area contributed by atoms with Crippen molar-refractivity contribution in [2.75, 3.05) is 30.3 Å². The van der Waals surface area contributed by atoms with Crippen LogP contribution in [-0.4, -0.2) is 36.3 Å². The van der Waals surface area contributed by atoms with Gasteiger partial charge >= 0.3 is 6.18 Å². The van der Waals surface area contributed by atoms with Gasteiger partial charge in [0.2, 0.25) is 11.8 Å². The molecule has 5 nitrogen and oxygen atoms in total. The molecule has 8 heteroatoms. The monoisotopic (exact) mass is 421 g/mol. The summed E-state index contributed by atoms with van der Waals surface area (Å²) in [6, 6.07) is 10.6. The fourth-order valence-electron chi connectivity index (χ4n) is 3.10. The lowest BCUT2D eigenvalue weighted by molar-refractivity contribution is -0.137. The molecule has 162 valence electrons. The molecule has 30 heavy (non-hydrogen) atoms. The predicted molar refractivity (Wildman–Crippen MR) is 111 cm³/mol. The quantitative estimate of drug-likeness (QED) is 0.661. The summed E-state index contributed by atoms with van der Waals surface area (Å²) in [6.45, 7) is 5.79. The topological polar surface area (TPSA) is 61.4 Å². The van der Waals surface area contributed by atoms with Gasteiger partial charge in [-0.1, -0.05) is 44.2 Å². The first-order valence-electron chi connectivity index (χ1n) is 9.72. The number of aryl methyl sites for hydroxylation is 2. The number of nitrogens with zero attached hydrogens (tertiary/aromatic N) is 1. The van der Waals surface area contributed by atoms with Crippen molar-refractivity contribution in [1.29, 1.82) is 0 Å². The van der Waals surface area contributed by atoms with Crippen LogP contribution in [0.2, 0.25) is 0 Å². The minimum Gasteiger partial charge on any atom is -0.324 e. The first-order chi connectivity index (χ1) is 14.2. The fourth-order valence-corrected chi connectivity index (χ4v) is 3.10. The zero-order valence-corrected chi connectivity index (χ0v) is 17.3. The van der Waals surface area contributed by atoms with Gasteiger partial charge < -0.3 is 10.6 Å². The maximum Gasteiger partial charge on any atom is 0.418 e. The highest BCUT2D eigenvalue weighted by Gasteiger charge is 2.33. The van der Waals surface area contributed by atoms with Crippen LogP contribution in [0.4, 0.5) is 24.5 Å². The zero-order chi connectivity index (χ0) is 22.3. The molecule has 0 aliphatic heterocycles. The average molecular weight is 421 g/mol. The maximum absolute atomic E-state index is 13.1. The Morgan fingerprint density at radius 3 is 2.17 bits per heavy atom. The smallest absolute Gasteiger partial charge is 0.324 e. The van der Waals surface area contributed by atoms with Gasteiger partial charge in [0.1, 0.15) is 0 Å². The molecule has 2 amide bonds. The van der Waals surface area contributed by atoms with Gasteiger partial charge in [-0.3, -0.25) is 14.5 Å². The lowest BCUT2D eigenvalue weighted by Gasteiger charge is -2.21. The molecule has 0 aliphatic carbocycles. The number of carbonyl (C=O) groups is 2. The number of amides is 2. The summed E-state index contributed by atoms with van der Waals surface area (Å²) in [4.78, 5) is 26.4. The number of benzene rings is 2. The van der Waals surface area contributed by atoms with Crippen molar-refractivity contribution in [2.45, 2.75) is 33.4 Å². The van der Waals surface area contributed by atoms with Crippen LogP contribution in [0.25, 0.3) is 0 Å². The largest absolute Gasteiger partial charge is 0.418 e. The predicted octanol–water partition coefficient (Wildman–Crippen LogP) is 4.48. The highest BCUT2D eigenvalue weighted by Crippen LogP contribution is 2.34. The highest BCUT2D eigenvalue weighted by atomic mass is 19.4. The second kappa shape index (κ2) is 10.2. The lowest BCUT2D eigenvalue weighted by Crippen LogP contribution is -2.39. The van der Waals surface area contributed by atoms with E-state index in [1.165, 1.54) is 18.2 Å². The summed E-state index contributed by atoms with van der Waals surface area (Å²) >= 11 is 0. The van der Waals surface area contributed by atoms with Gasteiger partial charge in [0.05, 0.1) is 24.3 Å². The second-order valence-electron chi connectivity index (χ2n) is 6.91. The molecule has 0 bridgehead atoms. The minimum atomic E-state index is -4.57. The van der Waals surface area contributed by atoms with Crippen LogP contribution >= 0.6 is 0 Å². The average Bonchev–Trinajstić information content (AvgIpc) is 2.68. The molecule has 0 fully saturated rings. The molecular weight excluding hydrogens is 395 g/mol. The van der Waals surface area contributed by atoms with Crippen molar-refractivity contribution in [2.24, 2.45) is 0 Å². The minimum absolute atomic E-state index is 0.0532. The molecule has 0 aromatic heterocycles. The molecule has 2 aromatic rings. The molecule has 0 unspecified atom stereocenters. The van der Waals surface area contributed by atoms with Gasteiger partial charge in [-0.2, -0.15) is 13.2 Å². The summed E-state index contributed by atoms with van der Waals surface area (Å²) < 4.78 is 39.3. The number of rotatable bonds is 8. The van der Waals surface area contributed by atoms with E-state index in [1.54, 1.807) is 11.8 Å².